The van der Waals surface area contributed by atoms with Crippen LogP contribution < -0.4 is 0 Å². The Balaban J connectivity index is 2.17. The van der Waals surface area contributed by atoms with Crippen molar-refractivity contribution in [2.24, 2.45) is 0 Å². The molecule has 1 saturated heterocycles. The van der Waals surface area contributed by atoms with Gasteiger partial charge < -0.3 is 0 Å². The van der Waals surface area contributed by atoms with Gasteiger partial charge in [0.15, 0.2) is 0 Å². The first-order chi connectivity index (χ1) is 8.14. The fourth-order valence-electron chi connectivity index (χ4n) is 2.65. The SMILES string of the molecule is Cc1cccc(CC(C)(C#N)N2CCCC2)c1. The van der Waals surface area contributed by atoms with Crippen LogP contribution in [0.4, 0.5) is 0 Å². The van der Waals surface area contributed by atoms with Crippen LogP contribution in [-0.4, -0.2) is 23.5 Å². The zero-order chi connectivity index (χ0) is 12.3. The summed E-state index contributed by atoms with van der Waals surface area (Å²) in [6.45, 7) is 6.30. The maximum absolute atomic E-state index is 9.48. The van der Waals surface area contributed by atoms with Crippen LogP contribution in [0.1, 0.15) is 30.9 Å². The Labute approximate surface area is 104 Å². The number of benzene rings is 1. The summed E-state index contributed by atoms with van der Waals surface area (Å²) in [6, 6.07) is 11.0. The molecule has 1 heterocycles. The van der Waals surface area contributed by atoms with E-state index < -0.39 is 0 Å². The molecule has 0 amide bonds. The average Bonchev–Trinajstić information content (AvgIpc) is 2.83. The molecule has 0 bridgehead atoms. The lowest BCUT2D eigenvalue weighted by atomic mass is 9.92. The van der Waals surface area contributed by atoms with Crippen molar-refractivity contribution in [2.75, 3.05) is 13.1 Å². The molecule has 17 heavy (non-hydrogen) atoms. The van der Waals surface area contributed by atoms with Crippen LogP contribution in [-0.2, 0) is 6.42 Å². The molecule has 0 aliphatic carbocycles. The van der Waals surface area contributed by atoms with Gasteiger partial charge in [-0.05, 0) is 45.3 Å². The molecule has 1 aliphatic rings. The molecular weight excluding hydrogens is 208 g/mol. The summed E-state index contributed by atoms with van der Waals surface area (Å²) in [6.07, 6.45) is 3.28. The van der Waals surface area contributed by atoms with Gasteiger partial charge in [-0.25, -0.2) is 0 Å². The van der Waals surface area contributed by atoms with Gasteiger partial charge in [-0.2, -0.15) is 5.26 Å². The van der Waals surface area contributed by atoms with Gasteiger partial charge in [0.05, 0.1) is 6.07 Å². The highest BCUT2D eigenvalue weighted by Crippen LogP contribution is 2.25. The number of hydrogen-bond acceptors (Lipinski definition) is 2. The van der Waals surface area contributed by atoms with Crippen molar-refractivity contribution in [1.29, 1.82) is 5.26 Å². The van der Waals surface area contributed by atoms with Gasteiger partial charge in [0, 0.05) is 6.42 Å². The highest BCUT2D eigenvalue weighted by Gasteiger charge is 2.33. The summed E-state index contributed by atoms with van der Waals surface area (Å²) in [7, 11) is 0. The Kier molecular flexibility index (Phi) is 3.49. The van der Waals surface area contributed by atoms with Gasteiger partial charge in [-0.15, -0.1) is 0 Å². The first-order valence-electron chi connectivity index (χ1n) is 6.36. The molecule has 2 heteroatoms. The minimum Gasteiger partial charge on any atom is -0.285 e. The van der Waals surface area contributed by atoms with Gasteiger partial charge in [0.1, 0.15) is 5.54 Å². The molecule has 1 aromatic rings. The predicted octanol–water partition coefficient (Wildman–Crippen LogP) is 2.92. The lowest BCUT2D eigenvalue weighted by molar-refractivity contribution is 0.191. The highest BCUT2D eigenvalue weighted by molar-refractivity contribution is 5.26. The van der Waals surface area contributed by atoms with Crippen LogP contribution in [0.5, 0.6) is 0 Å². The van der Waals surface area contributed by atoms with E-state index in [9.17, 15) is 5.26 Å². The standard InChI is InChI=1S/C15H20N2/c1-13-6-5-7-14(10-13)11-15(2,12-16)17-8-3-4-9-17/h5-7,10H,3-4,8-9,11H2,1-2H3. The van der Waals surface area contributed by atoms with Crippen LogP contribution in [0.15, 0.2) is 24.3 Å². The Morgan fingerprint density at radius 2 is 2.06 bits per heavy atom. The van der Waals surface area contributed by atoms with Crippen LogP contribution in [0, 0.1) is 18.3 Å². The molecule has 0 saturated carbocycles. The summed E-state index contributed by atoms with van der Waals surface area (Å²) < 4.78 is 0. The van der Waals surface area contributed by atoms with Gasteiger partial charge in [0.25, 0.3) is 0 Å². The molecule has 1 fully saturated rings. The van der Waals surface area contributed by atoms with Crippen molar-refractivity contribution in [3.05, 3.63) is 35.4 Å². The second-order valence-electron chi connectivity index (χ2n) is 5.25. The van der Waals surface area contributed by atoms with E-state index in [0.29, 0.717) is 0 Å². The first-order valence-corrected chi connectivity index (χ1v) is 6.36. The van der Waals surface area contributed by atoms with Crippen LogP contribution in [0.25, 0.3) is 0 Å². The molecule has 0 aromatic heterocycles. The predicted molar refractivity (Wildman–Crippen MR) is 69.7 cm³/mol. The fourth-order valence-corrected chi connectivity index (χ4v) is 2.65. The maximum atomic E-state index is 9.48. The molecule has 0 spiro atoms. The third-order valence-electron chi connectivity index (χ3n) is 3.68. The van der Waals surface area contributed by atoms with Gasteiger partial charge in [-0.3, -0.25) is 4.90 Å². The lowest BCUT2D eigenvalue weighted by Gasteiger charge is -2.32. The average molecular weight is 228 g/mol. The van der Waals surface area contributed by atoms with E-state index in [-0.39, 0.29) is 5.54 Å². The summed E-state index contributed by atoms with van der Waals surface area (Å²) in [5.41, 5.74) is 2.19. The number of nitriles is 1. The third-order valence-corrected chi connectivity index (χ3v) is 3.68. The van der Waals surface area contributed by atoms with E-state index >= 15 is 0 Å². The lowest BCUT2D eigenvalue weighted by Crippen LogP contribution is -2.45. The largest absolute Gasteiger partial charge is 0.285 e. The number of hydrogen-bond donors (Lipinski definition) is 0. The molecular formula is C15H20N2. The molecule has 90 valence electrons. The number of aryl methyl sites for hydroxylation is 1. The summed E-state index contributed by atoms with van der Waals surface area (Å²) in [4.78, 5) is 2.33. The third kappa shape index (κ3) is 2.68. The van der Waals surface area contributed by atoms with E-state index in [1.165, 1.54) is 24.0 Å². The number of nitrogens with zero attached hydrogens (tertiary/aromatic N) is 2. The van der Waals surface area contributed by atoms with Crippen molar-refractivity contribution in [3.8, 4) is 6.07 Å². The van der Waals surface area contributed by atoms with Gasteiger partial charge in [-0.1, -0.05) is 29.8 Å². The first kappa shape index (κ1) is 12.1. The van der Waals surface area contributed by atoms with Crippen LogP contribution in [0.3, 0.4) is 0 Å². The molecule has 2 nitrogen and oxygen atoms in total. The van der Waals surface area contributed by atoms with Crippen molar-refractivity contribution < 1.29 is 0 Å². The van der Waals surface area contributed by atoms with Crippen molar-refractivity contribution >= 4 is 0 Å². The fraction of sp³-hybridized carbons (Fsp3) is 0.533. The van der Waals surface area contributed by atoms with Crippen LogP contribution >= 0.6 is 0 Å². The Morgan fingerprint density at radius 3 is 2.65 bits per heavy atom. The van der Waals surface area contributed by atoms with Crippen LogP contribution in [0.2, 0.25) is 0 Å². The van der Waals surface area contributed by atoms with E-state index in [1.807, 2.05) is 0 Å². The normalized spacial score (nSPS) is 19.8. The number of rotatable bonds is 3. The zero-order valence-corrected chi connectivity index (χ0v) is 10.7. The Bertz CT molecular complexity index is 427. The minimum atomic E-state index is -0.343. The topological polar surface area (TPSA) is 27.0 Å². The van der Waals surface area contributed by atoms with E-state index in [1.54, 1.807) is 0 Å². The van der Waals surface area contributed by atoms with Crippen molar-refractivity contribution in [1.82, 2.24) is 4.90 Å². The minimum absolute atomic E-state index is 0.343. The second-order valence-corrected chi connectivity index (χ2v) is 5.25. The Hall–Kier alpha value is -1.33. The maximum Gasteiger partial charge on any atom is 0.110 e. The molecule has 2 rings (SSSR count). The monoisotopic (exact) mass is 228 g/mol. The smallest absolute Gasteiger partial charge is 0.110 e. The zero-order valence-electron chi connectivity index (χ0n) is 10.7. The number of likely N-dealkylation sites (tertiary alicyclic amines) is 1. The van der Waals surface area contributed by atoms with Gasteiger partial charge >= 0.3 is 0 Å². The second kappa shape index (κ2) is 4.89. The van der Waals surface area contributed by atoms with E-state index in [4.69, 9.17) is 0 Å². The quantitative estimate of drug-likeness (QED) is 0.795. The Morgan fingerprint density at radius 1 is 1.35 bits per heavy atom. The molecule has 1 atom stereocenters. The van der Waals surface area contributed by atoms with Crippen molar-refractivity contribution in [2.45, 2.75) is 38.6 Å². The molecule has 1 aromatic carbocycles. The summed E-state index contributed by atoms with van der Waals surface area (Å²) >= 11 is 0. The summed E-state index contributed by atoms with van der Waals surface area (Å²) in [5, 5.41) is 9.48. The molecule has 1 unspecified atom stereocenters. The van der Waals surface area contributed by atoms with Crippen molar-refractivity contribution in [3.63, 3.8) is 0 Å². The van der Waals surface area contributed by atoms with E-state index in [2.05, 4.69) is 49.1 Å². The molecule has 1 aliphatic heterocycles. The highest BCUT2D eigenvalue weighted by atomic mass is 15.2. The summed E-state index contributed by atoms with van der Waals surface area (Å²) in [5.74, 6) is 0. The molecule has 0 radical (unpaired) electrons. The van der Waals surface area contributed by atoms with Gasteiger partial charge in [0.2, 0.25) is 0 Å². The van der Waals surface area contributed by atoms with E-state index in [0.717, 1.165) is 19.5 Å². The molecule has 0 N–H and O–H groups in total.